The molecule has 1 aliphatic rings. The average molecular weight is 1170 g/mol. The molecule has 28 heteroatoms. The maximum atomic E-state index is 13.3. The van der Waals surface area contributed by atoms with Gasteiger partial charge in [0.2, 0.25) is 0 Å². The lowest BCUT2D eigenvalue weighted by Crippen LogP contribution is -2.65. The molecule has 0 aromatic rings. The Morgan fingerprint density at radius 3 is 1.19 bits per heavy atom. The van der Waals surface area contributed by atoms with Crippen LogP contribution in [-0.2, 0) is 64.7 Å². The normalized spacial score (nSPS) is 20.8. The molecule has 23 nitrogen and oxygen atoms in total. The van der Waals surface area contributed by atoms with Crippen LogP contribution in [0, 0.1) is 0 Å². The molecule has 1 rings (SSSR count). The number of aliphatic hydroxyl groups is 2. The van der Waals surface area contributed by atoms with Gasteiger partial charge in [-0.3, -0.25) is 37.0 Å². The van der Waals surface area contributed by atoms with Gasteiger partial charge in [-0.05, 0) is 25.7 Å². The lowest BCUT2D eigenvalue weighted by atomic mass is 9.85. The molecule has 8 atom stereocenters. The minimum atomic E-state index is -5.79. The fourth-order valence-electron chi connectivity index (χ4n) is 8.34. The van der Waals surface area contributed by atoms with Crippen LogP contribution in [0.3, 0.4) is 0 Å². The Bertz CT molecular complexity index is 1680. The maximum Gasteiger partial charge on any atom is 0.472 e. The van der Waals surface area contributed by atoms with Crippen LogP contribution in [-0.4, -0.2) is 123 Å². The van der Waals surface area contributed by atoms with E-state index in [0.29, 0.717) is 24.4 Å². The standard InChI is InChI=1S/C46H90O23P4S/c1-3-5-6-7-8-9-10-13-17-20-23-26-29-33-39(48)65-37(35-63-38(47)32-28-25-22-19-16-14-11-12-15-18-21-24-27-30-34-74-40(49)31-4-2)36-64-73(61,62)69-43-41(50)44(66-70(52,53)54)46(68-72(58,59)60)45(42(43)51)67-71(55,56)57/h37,41-46,50-51H,3-36H2,1-2H3,(H,61,62)(H2,52,53,54)(H2,55,56,57)(H2,58,59,60)/t37-,41+,42?,43?,44+,45-,46?/m1/s1. The number of carbonyl (C=O) groups excluding carboxylic acids is 3. The smallest absolute Gasteiger partial charge is 0.462 e. The maximum absolute atomic E-state index is 13.3. The largest absolute Gasteiger partial charge is 0.472 e. The Hall–Kier alpha value is -0.680. The van der Waals surface area contributed by atoms with E-state index >= 15 is 0 Å². The summed E-state index contributed by atoms with van der Waals surface area (Å²) in [5.74, 6) is -0.494. The summed E-state index contributed by atoms with van der Waals surface area (Å²) in [5.41, 5.74) is 0. The Morgan fingerprint density at radius 1 is 0.432 bits per heavy atom. The van der Waals surface area contributed by atoms with Crippen molar-refractivity contribution in [1.82, 2.24) is 0 Å². The molecule has 1 aliphatic carbocycles. The second kappa shape index (κ2) is 40.5. The number of unbranched alkanes of at least 4 members (excludes halogenated alkanes) is 25. The minimum Gasteiger partial charge on any atom is -0.462 e. The van der Waals surface area contributed by atoms with Gasteiger partial charge in [0.15, 0.2) is 11.2 Å². The number of phosphoric ester groups is 4. The molecule has 0 radical (unpaired) electrons. The van der Waals surface area contributed by atoms with Gasteiger partial charge in [0.25, 0.3) is 0 Å². The van der Waals surface area contributed by atoms with Gasteiger partial charge in [-0.25, -0.2) is 18.3 Å². The number of hydrogen-bond acceptors (Lipinski definition) is 17. The minimum absolute atomic E-state index is 0.0256. The van der Waals surface area contributed by atoms with Gasteiger partial charge in [-0.15, -0.1) is 0 Å². The molecule has 0 saturated heterocycles. The first-order chi connectivity index (χ1) is 34.9. The lowest BCUT2D eigenvalue weighted by Gasteiger charge is -2.45. The summed E-state index contributed by atoms with van der Waals surface area (Å²) in [4.78, 5) is 105. The van der Waals surface area contributed by atoms with Crippen molar-refractivity contribution >= 4 is 60.1 Å². The highest BCUT2D eigenvalue weighted by Crippen LogP contribution is 2.53. The van der Waals surface area contributed by atoms with Gasteiger partial charge in [0.1, 0.15) is 43.2 Å². The average Bonchev–Trinajstić information content (AvgIpc) is 3.30. The van der Waals surface area contributed by atoms with Crippen LogP contribution >= 0.6 is 43.1 Å². The van der Waals surface area contributed by atoms with Crippen molar-refractivity contribution in [2.24, 2.45) is 0 Å². The molecule has 0 bridgehead atoms. The summed E-state index contributed by atoms with van der Waals surface area (Å²) in [7, 11) is -23.0. The first-order valence-corrected chi connectivity index (χ1v) is 33.7. The van der Waals surface area contributed by atoms with Gasteiger partial charge in [-0.1, -0.05) is 180 Å². The monoisotopic (exact) mass is 1170 g/mol. The van der Waals surface area contributed by atoms with Gasteiger partial charge >= 0.3 is 43.2 Å². The van der Waals surface area contributed by atoms with E-state index in [9.17, 15) is 77.1 Å². The fourth-order valence-corrected chi connectivity index (χ4v) is 11.9. The Morgan fingerprint density at radius 2 is 0.797 bits per heavy atom. The van der Waals surface area contributed by atoms with E-state index in [1.807, 2.05) is 6.92 Å². The number of aliphatic hydroxyl groups excluding tert-OH is 2. The second-order valence-corrected chi connectivity index (χ2v) is 25.1. The van der Waals surface area contributed by atoms with E-state index in [2.05, 4.69) is 20.5 Å². The van der Waals surface area contributed by atoms with Crippen LogP contribution in [0.15, 0.2) is 0 Å². The Kier molecular flexibility index (Phi) is 39.0. The van der Waals surface area contributed by atoms with Gasteiger partial charge in [0, 0.05) is 25.0 Å². The predicted molar refractivity (Wildman–Crippen MR) is 276 cm³/mol. The first kappa shape index (κ1) is 71.3. The van der Waals surface area contributed by atoms with Crippen molar-refractivity contribution in [2.45, 2.75) is 256 Å². The van der Waals surface area contributed by atoms with Crippen molar-refractivity contribution in [3.8, 4) is 0 Å². The first-order valence-electron chi connectivity index (χ1n) is 26.6. The van der Waals surface area contributed by atoms with E-state index in [1.165, 1.54) is 95.2 Å². The molecule has 0 aromatic heterocycles. The Balaban J connectivity index is 2.77. The molecule has 9 N–H and O–H groups in total. The SMILES string of the molecule is CCCCCCCCCCCCCCCC(=O)O[C@H](COC(=O)CCCCCCCCCCCCCCCCSC(=O)CCC)COP(=O)(O)OC1C(O)[C@@H](OP(=O)(O)O)C(OP(=O)(O)O)[C@@H](OP(=O)(O)O)[C@H]1O. The van der Waals surface area contributed by atoms with Crippen molar-refractivity contribution in [3.05, 3.63) is 0 Å². The molecular weight excluding hydrogens is 1080 g/mol. The zero-order chi connectivity index (χ0) is 55.5. The highest BCUT2D eigenvalue weighted by Gasteiger charge is 2.59. The van der Waals surface area contributed by atoms with Crippen LogP contribution in [0.1, 0.15) is 213 Å². The third kappa shape index (κ3) is 38.0. The molecule has 74 heavy (non-hydrogen) atoms. The molecule has 1 saturated carbocycles. The van der Waals surface area contributed by atoms with Crippen molar-refractivity contribution in [1.29, 1.82) is 0 Å². The number of thioether (sulfide) groups is 1. The summed E-state index contributed by atoms with van der Waals surface area (Å²) in [5, 5.41) is 22.2. The molecule has 0 spiro atoms. The topological polar surface area (TPSA) is 366 Å². The van der Waals surface area contributed by atoms with E-state index in [0.717, 1.165) is 89.2 Å². The van der Waals surface area contributed by atoms with Gasteiger partial charge in [-0.2, -0.15) is 0 Å². The molecule has 0 amide bonds. The Labute approximate surface area is 442 Å². The molecule has 0 heterocycles. The van der Waals surface area contributed by atoms with Crippen LogP contribution in [0.25, 0.3) is 0 Å². The summed E-state index contributed by atoms with van der Waals surface area (Å²) in [6, 6.07) is 0. The highest BCUT2D eigenvalue weighted by molar-refractivity contribution is 8.13. The number of esters is 2. The molecule has 1 fully saturated rings. The van der Waals surface area contributed by atoms with Crippen LogP contribution < -0.4 is 0 Å². The number of ether oxygens (including phenoxy) is 2. The molecule has 4 unspecified atom stereocenters. The molecular formula is C46H90O23P4S. The number of rotatable bonds is 47. The van der Waals surface area contributed by atoms with E-state index in [-0.39, 0.29) is 12.8 Å². The number of carbonyl (C=O) groups is 3. The van der Waals surface area contributed by atoms with Crippen LogP contribution in [0.4, 0.5) is 0 Å². The van der Waals surface area contributed by atoms with Crippen LogP contribution in [0.5, 0.6) is 0 Å². The summed E-state index contributed by atoms with van der Waals surface area (Å²) in [6.45, 7) is 2.55. The zero-order valence-corrected chi connectivity index (χ0v) is 47.9. The van der Waals surface area contributed by atoms with Crippen LogP contribution in [0.2, 0.25) is 0 Å². The highest BCUT2D eigenvalue weighted by atomic mass is 32.2. The summed E-state index contributed by atoms with van der Waals surface area (Å²) >= 11 is 1.46. The number of hydrogen-bond donors (Lipinski definition) is 9. The number of phosphoric acid groups is 4. The van der Waals surface area contributed by atoms with Crippen molar-refractivity contribution in [2.75, 3.05) is 19.0 Å². The quantitative estimate of drug-likeness (QED) is 0.0155. The fraction of sp³-hybridized carbons (Fsp3) is 0.935. The predicted octanol–water partition coefficient (Wildman–Crippen LogP) is 9.51. The zero-order valence-electron chi connectivity index (χ0n) is 43.5. The molecule has 438 valence electrons. The van der Waals surface area contributed by atoms with E-state index < -0.39 is 99.2 Å². The molecule has 0 aromatic carbocycles. The summed E-state index contributed by atoms with van der Waals surface area (Å²) < 4.78 is 82.3. The lowest BCUT2D eigenvalue weighted by molar-refractivity contribution is -0.209. The van der Waals surface area contributed by atoms with E-state index in [1.54, 1.807) is 0 Å². The van der Waals surface area contributed by atoms with Crippen molar-refractivity contribution in [3.63, 3.8) is 0 Å². The van der Waals surface area contributed by atoms with Crippen molar-refractivity contribution < 1.29 is 109 Å². The van der Waals surface area contributed by atoms with Gasteiger partial charge < -0.3 is 53.9 Å². The van der Waals surface area contributed by atoms with E-state index in [4.69, 9.17) is 18.5 Å². The van der Waals surface area contributed by atoms with Gasteiger partial charge in [0.05, 0.1) is 6.61 Å². The molecule has 0 aliphatic heterocycles. The third-order valence-corrected chi connectivity index (χ3v) is 15.7. The second-order valence-electron chi connectivity index (χ2n) is 19.0. The third-order valence-electron chi connectivity index (χ3n) is 12.2. The summed E-state index contributed by atoms with van der Waals surface area (Å²) in [6.07, 6.45) is 12.3.